The molecule has 0 aliphatic carbocycles. The molecule has 0 bridgehead atoms. The van der Waals surface area contributed by atoms with Crippen molar-refractivity contribution in [2.24, 2.45) is 0 Å². The molecule has 1 amide bonds. The first-order valence-corrected chi connectivity index (χ1v) is 11.4. The van der Waals surface area contributed by atoms with Crippen molar-refractivity contribution in [3.8, 4) is 0 Å². The number of hydrogen-bond acceptors (Lipinski definition) is 7. The number of hydrogen-bond donors (Lipinski definition) is 1. The summed E-state index contributed by atoms with van der Waals surface area (Å²) < 4.78 is 37.5. The van der Waals surface area contributed by atoms with Gasteiger partial charge in [-0.3, -0.25) is 4.79 Å². The number of nitrogens with one attached hydrogen (secondary N) is 1. The van der Waals surface area contributed by atoms with E-state index in [1.165, 1.54) is 6.07 Å². The van der Waals surface area contributed by atoms with E-state index >= 15 is 0 Å². The van der Waals surface area contributed by atoms with E-state index in [-0.39, 0.29) is 28.5 Å². The topological polar surface area (TPSA) is 119 Å². The maximum atomic E-state index is 12.9. The number of ether oxygens (including phenoxy) is 2. The number of benzene rings is 2. The van der Waals surface area contributed by atoms with Gasteiger partial charge < -0.3 is 14.4 Å². The molecule has 2 aromatic carbocycles. The monoisotopic (exact) mass is 460 g/mol. The molecule has 32 heavy (non-hydrogen) atoms. The smallest absolute Gasteiger partial charge is 0.337 e. The fourth-order valence-electron chi connectivity index (χ4n) is 3.40. The molecule has 2 aromatic rings. The summed E-state index contributed by atoms with van der Waals surface area (Å²) >= 11 is 0. The lowest BCUT2D eigenvalue weighted by Crippen LogP contribution is -2.28. The van der Waals surface area contributed by atoms with Gasteiger partial charge in [0.15, 0.2) is 0 Å². The average Bonchev–Trinajstić information content (AvgIpc) is 3.36. The lowest BCUT2D eigenvalue weighted by molar-refractivity contribution is 0.0598. The fourth-order valence-corrected chi connectivity index (χ4v) is 4.49. The molecule has 0 atom stereocenters. The molecular formula is C22H24N2O7S. The van der Waals surface area contributed by atoms with Gasteiger partial charge in [0.1, 0.15) is 0 Å². The van der Waals surface area contributed by atoms with Crippen molar-refractivity contribution in [3.05, 3.63) is 64.7 Å². The largest absolute Gasteiger partial charge is 0.465 e. The van der Waals surface area contributed by atoms with Gasteiger partial charge in [0.25, 0.3) is 5.91 Å². The van der Waals surface area contributed by atoms with Crippen molar-refractivity contribution < 1.29 is 32.3 Å². The molecule has 1 fully saturated rings. The Morgan fingerprint density at radius 2 is 1.50 bits per heavy atom. The van der Waals surface area contributed by atoms with Gasteiger partial charge in [-0.25, -0.2) is 22.7 Å². The summed E-state index contributed by atoms with van der Waals surface area (Å²) in [6, 6.07) is 10.2. The molecule has 0 aromatic heterocycles. The van der Waals surface area contributed by atoms with Crippen LogP contribution in [0.2, 0.25) is 0 Å². The summed E-state index contributed by atoms with van der Waals surface area (Å²) in [6.45, 7) is 1.35. The van der Waals surface area contributed by atoms with Gasteiger partial charge in [-0.05, 0) is 48.7 Å². The van der Waals surface area contributed by atoms with Gasteiger partial charge in [0.05, 0.1) is 30.2 Å². The Hall–Kier alpha value is -3.24. The number of methoxy groups -OCH3 is 2. The molecule has 0 saturated carbocycles. The van der Waals surface area contributed by atoms with Crippen LogP contribution in [0.5, 0.6) is 0 Å². The zero-order valence-electron chi connectivity index (χ0n) is 17.8. The Balaban J connectivity index is 1.82. The molecule has 1 heterocycles. The number of amides is 1. The quantitative estimate of drug-likeness (QED) is 0.628. The predicted octanol–water partition coefficient (Wildman–Crippen LogP) is 1.97. The van der Waals surface area contributed by atoms with Crippen LogP contribution in [0.25, 0.3) is 0 Å². The van der Waals surface area contributed by atoms with Crippen molar-refractivity contribution in [3.63, 3.8) is 0 Å². The molecule has 1 aliphatic heterocycles. The van der Waals surface area contributed by atoms with Crippen molar-refractivity contribution in [2.75, 3.05) is 27.3 Å². The van der Waals surface area contributed by atoms with E-state index in [1.807, 2.05) is 0 Å². The van der Waals surface area contributed by atoms with E-state index < -0.39 is 22.0 Å². The fraction of sp³-hybridized carbons (Fsp3) is 0.318. The van der Waals surface area contributed by atoms with E-state index in [2.05, 4.69) is 14.2 Å². The third-order valence-corrected chi connectivity index (χ3v) is 6.47. The van der Waals surface area contributed by atoms with E-state index in [0.29, 0.717) is 11.1 Å². The second kappa shape index (κ2) is 9.92. The molecule has 0 radical (unpaired) electrons. The highest BCUT2D eigenvalue weighted by Gasteiger charge is 2.22. The predicted molar refractivity (Wildman–Crippen MR) is 115 cm³/mol. The van der Waals surface area contributed by atoms with Gasteiger partial charge in [0.2, 0.25) is 10.0 Å². The standard InChI is InChI=1S/C22H24N2O7S/c1-30-21(26)17-11-18(22(27)31-2)13-19(12-17)32(28,29)23-14-15-6-5-7-16(10-15)20(25)24-8-3-4-9-24/h5-7,10-13,23H,3-4,8-9,14H2,1-2H3. The highest BCUT2D eigenvalue weighted by Crippen LogP contribution is 2.18. The summed E-state index contributed by atoms with van der Waals surface area (Å²) in [7, 11) is -1.80. The minimum atomic E-state index is -4.10. The maximum Gasteiger partial charge on any atom is 0.337 e. The Labute approximate surface area is 186 Å². The number of carbonyl (C=O) groups is 3. The third-order valence-electron chi connectivity index (χ3n) is 5.09. The first-order chi connectivity index (χ1) is 15.2. The van der Waals surface area contributed by atoms with Gasteiger partial charge >= 0.3 is 11.9 Å². The number of likely N-dealkylation sites (tertiary alicyclic amines) is 1. The van der Waals surface area contributed by atoms with Crippen LogP contribution in [0.4, 0.5) is 0 Å². The Morgan fingerprint density at radius 1 is 0.906 bits per heavy atom. The molecule has 1 N–H and O–H groups in total. The number of rotatable bonds is 7. The van der Waals surface area contributed by atoms with Gasteiger partial charge in [-0.2, -0.15) is 0 Å². The summed E-state index contributed by atoms with van der Waals surface area (Å²) in [5.41, 5.74) is 0.878. The van der Waals surface area contributed by atoms with Crippen LogP contribution in [-0.4, -0.2) is 58.5 Å². The molecule has 3 rings (SSSR count). The van der Waals surface area contributed by atoms with Gasteiger partial charge in [-0.1, -0.05) is 12.1 Å². The van der Waals surface area contributed by atoms with E-state index in [9.17, 15) is 22.8 Å². The van der Waals surface area contributed by atoms with Crippen LogP contribution < -0.4 is 4.72 Å². The maximum absolute atomic E-state index is 12.9. The Bertz CT molecular complexity index is 1100. The molecule has 0 unspecified atom stereocenters. The van der Waals surface area contributed by atoms with E-state index in [0.717, 1.165) is 52.3 Å². The number of nitrogens with zero attached hydrogens (tertiary/aromatic N) is 1. The summed E-state index contributed by atoms with van der Waals surface area (Å²) in [5.74, 6) is -1.67. The Morgan fingerprint density at radius 3 is 2.06 bits per heavy atom. The minimum absolute atomic E-state index is 0.0827. The zero-order valence-corrected chi connectivity index (χ0v) is 18.6. The Kier molecular flexibility index (Phi) is 7.26. The van der Waals surface area contributed by atoms with E-state index in [4.69, 9.17) is 0 Å². The van der Waals surface area contributed by atoms with Crippen LogP contribution in [0.15, 0.2) is 47.4 Å². The molecular weight excluding hydrogens is 436 g/mol. The van der Waals surface area contributed by atoms with Gasteiger partial charge in [0, 0.05) is 25.2 Å². The van der Waals surface area contributed by atoms with Crippen LogP contribution in [0, 0.1) is 0 Å². The molecule has 10 heteroatoms. The number of carbonyl (C=O) groups excluding carboxylic acids is 3. The van der Waals surface area contributed by atoms with Crippen molar-refractivity contribution in [2.45, 2.75) is 24.3 Å². The average molecular weight is 461 g/mol. The first kappa shape index (κ1) is 23.4. The third kappa shape index (κ3) is 5.32. The highest BCUT2D eigenvalue weighted by atomic mass is 32.2. The molecule has 1 aliphatic rings. The minimum Gasteiger partial charge on any atom is -0.465 e. The second-order valence-corrected chi connectivity index (χ2v) is 9.02. The summed E-state index contributed by atoms with van der Waals surface area (Å²) in [4.78, 5) is 37.9. The SMILES string of the molecule is COC(=O)c1cc(C(=O)OC)cc(S(=O)(=O)NCc2cccc(C(=O)N3CCCC3)c2)c1. The van der Waals surface area contributed by atoms with Crippen LogP contribution >= 0.6 is 0 Å². The number of esters is 2. The van der Waals surface area contributed by atoms with E-state index in [1.54, 1.807) is 29.2 Å². The molecule has 0 spiro atoms. The second-order valence-electron chi connectivity index (χ2n) is 7.25. The molecule has 1 saturated heterocycles. The first-order valence-electron chi connectivity index (χ1n) is 9.95. The summed E-state index contributed by atoms with van der Waals surface area (Å²) in [6.07, 6.45) is 1.95. The van der Waals surface area contributed by atoms with Gasteiger partial charge in [-0.15, -0.1) is 0 Å². The van der Waals surface area contributed by atoms with Crippen LogP contribution in [0.1, 0.15) is 49.5 Å². The zero-order chi connectivity index (χ0) is 23.3. The normalized spacial score (nSPS) is 13.6. The number of sulfonamides is 1. The van der Waals surface area contributed by atoms with Crippen LogP contribution in [-0.2, 0) is 26.0 Å². The summed E-state index contributed by atoms with van der Waals surface area (Å²) in [5, 5.41) is 0. The van der Waals surface area contributed by atoms with Crippen LogP contribution in [0.3, 0.4) is 0 Å². The van der Waals surface area contributed by atoms with Crippen molar-refractivity contribution in [1.29, 1.82) is 0 Å². The lowest BCUT2D eigenvalue weighted by atomic mass is 10.1. The molecule has 170 valence electrons. The lowest BCUT2D eigenvalue weighted by Gasteiger charge is -2.16. The van der Waals surface area contributed by atoms with Crippen molar-refractivity contribution in [1.82, 2.24) is 9.62 Å². The molecule has 9 nitrogen and oxygen atoms in total. The van der Waals surface area contributed by atoms with Crippen molar-refractivity contribution >= 4 is 27.9 Å². The highest BCUT2D eigenvalue weighted by molar-refractivity contribution is 7.89.